The van der Waals surface area contributed by atoms with Gasteiger partial charge < -0.3 is 14.9 Å². The summed E-state index contributed by atoms with van der Waals surface area (Å²) in [5.41, 5.74) is 3.99. The molecule has 0 aliphatic carbocycles. The maximum absolute atomic E-state index is 5.30. The lowest BCUT2D eigenvalue weighted by Crippen LogP contribution is -2.13. The molecule has 17 heavy (non-hydrogen) atoms. The van der Waals surface area contributed by atoms with Gasteiger partial charge in [-0.3, -0.25) is 9.66 Å². The molecule has 0 unspecified atom stereocenters. The molecule has 0 atom stereocenters. The molecule has 0 bridgehead atoms. The average Bonchev–Trinajstić information content (AvgIpc) is 2.88. The quantitative estimate of drug-likeness (QED) is 0.853. The summed E-state index contributed by atoms with van der Waals surface area (Å²) in [6.45, 7) is 0.565. The van der Waals surface area contributed by atoms with Crippen LogP contribution in [0, 0.1) is 0 Å². The van der Waals surface area contributed by atoms with E-state index in [9.17, 15) is 0 Å². The number of nitrogens with one attached hydrogen (secondary N) is 1. The fraction of sp³-hybridized carbons (Fsp3) is 0.250. The molecular formula is C12H15N3O2. The molecule has 0 fully saturated rings. The topological polar surface area (TPSA) is 48.3 Å². The van der Waals surface area contributed by atoms with E-state index in [4.69, 9.17) is 9.47 Å². The number of ether oxygens (including phenoxy) is 2. The van der Waals surface area contributed by atoms with Gasteiger partial charge in [0.05, 0.1) is 20.8 Å². The third-order valence-electron chi connectivity index (χ3n) is 2.40. The Kier molecular flexibility index (Phi) is 3.49. The fourth-order valence-corrected chi connectivity index (χ4v) is 1.58. The molecule has 90 valence electrons. The molecule has 5 heteroatoms. The van der Waals surface area contributed by atoms with E-state index in [1.54, 1.807) is 26.5 Å². The van der Waals surface area contributed by atoms with E-state index in [0.29, 0.717) is 18.0 Å². The minimum atomic E-state index is 0.565. The molecule has 2 rings (SSSR count). The highest BCUT2D eigenvalue weighted by atomic mass is 16.5. The highest BCUT2D eigenvalue weighted by molar-refractivity contribution is 5.42. The van der Waals surface area contributed by atoms with Crippen molar-refractivity contribution in [2.24, 2.45) is 0 Å². The molecule has 0 aliphatic heterocycles. The Morgan fingerprint density at radius 1 is 1.24 bits per heavy atom. The van der Waals surface area contributed by atoms with Crippen molar-refractivity contribution in [3.8, 4) is 11.5 Å². The Morgan fingerprint density at radius 2 is 2.00 bits per heavy atom. The van der Waals surface area contributed by atoms with Gasteiger partial charge in [0.1, 0.15) is 5.69 Å². The standard InChI is InChI=1S/C12H15N3O2/c1-16-11-5-6-13-10(12(11)17-2)9-14-15-7-3-4-8-15/h3-8,14H,9H2,1-2H3. The van der Waals surface area contributed by atoms with Crippen LogP contribution in [0.5, 0.6) is 11.5 Å². The van der Waals surface area contributed by atoms with Gasteiger partial charge in [0, 0.05) is 24.7 Å². The zero-order chi connectivity index (χ0) is 12.1. The van der Waals surface area contributed by atoms with Gasteiger partial charge in [-0.05, 0) is 12.1 Å². The zero-order valence-electron chi connectivity index (χ0n) is 9.88. The Hall–Kier alpha value is -2.17. The summed E-state index contributed by atoms with van der Waals surface area (Å²) in [6, 6.07) is 5.67. The molecule has 0 saturated heterocycles. The first-order valence-electron chi connectivity index (χ1n) is 5.28. The molecule has 0 saturated carbocycles. The van der Waals surface area contributed by atoms with E-state index < -0.39 is 0 Å². The maximum atomic E-state index is 5.30. The molecular weight excluding hydrogens is 218 g/mol. The SMILES string of the molecule is COc1ccnc(CNn2cccc2)c1OC. The summed E-state index contributed by atoms with van der Waals surface area (Å²) in [7, 11) is 3.22. The number of nitrogens with zero attached hydrogens (tertiary/aromatic N) is 2. The summed E-state index contributed by atoms with van der Waals surface area (Å²) < 4.78 is 12.4. The average molecular weight is 233 g/mol. The van der Waals surface area contributed by atoms with Crippen LogP contribution in [0.4, 0.5) is 0 Å². The molecule has 0 amide bonds. The van der Waals surface area contributed by atoms with Crippen LogP contribution in [-0.4, -0.2) is 23.9 Å². The van der Waals surface area contributed by atoms with Gasteiger partial charge in [0.15, 0.2) is 11.5 Å². The Balaban J connectivity index is 2.14. The molecule has 2 aromatic rings. The van der Waals surface area contributed by atoms with Gasteiger partial charge in [0.25, 0.3) is 0 Å². The van der Waals surface area contributed by atoms with Gasteiger partial charge in [0.2, 0.25) is 0 Å². The number of rotatable bonds is 5. The monoisotopic (exact) mass is 233 g/mol. The Labute approximate surface area is 100.0 Å². The van der Waals surface area contributed by atoms with Gasteiger partial charge in [-0.25, -0.2) is 0 Å². The molecule has 0 spiro atoms. The zero-order valence-corrected chi connectivity index (χ0v) is 9.88. The van der Waals surface area contributed by atoms with Crippen LogP contribution in [0.15, 0.2) is 36.8 Å². The third kappa shape index (κ3) is 2.50. The van der Waals surface area contributed by atoms with Crippen LogP contribution in [-0.2, 0) is 6.54 Å². The Morgan fingerprint density at radius 3 is 2.65 bits per heavy atom. The second kappa shape index (κ2) is 5.25. The van der Waals surface area contributed by atoms with Gasteiger partial charge in [-0.1, -0.05) is 0 Å². The van der Waals surface area contributed by atoms with Crippen molar-refractivity contribution in [1.82, 2.24) is 9.66 Å². The molecule has 5 nitrogen and oxygen atoms in total. The van der Waals surface area contributed by atoms with Crippen LogP contribution in [0.25, 0.3) is 0 Å². The Bertz CT molecular complexity index is 469. The largest absolute Gasteiger partial charge is 0.493 e. The van der Waals surface area contributed by atoms with Crippen molar-refractivity contribution in [2.75, 3.05) is 19.6 Å². The molecule has 0 aromatic carbocycles. The van der Waals surface area contributed by atoms with Crippen LogP contribution in [0.3, 0.4) is 0 Å². The first kappa shape index (κ1) is 11.3. The van der Waals surface area contributed by atoms with Crippen molar-refractivity contribution < 1.29 is 9.47 Å². The fourth-order valence-electron chi connectivity index (χ4n) is 1.58. The predicted octanol–water partition coefficient (Wildman–Crippen LogP) is 1.64. The minimum Gasteiger partial charge on any atom is -0.493 e. The minimum absolute atomic E-state index is 0.565. The van der Waals surface area contributed by atoms with E-state index in [0.717, 1.165) is 5.69 Å². The second-order valence-electron chi connectivity index (χ2n) is 3.42. The van der Waals surface area contributed by atoms with E-state index in [-0.39, 0.29) is 0 Å². The number of methoxy groups -OCH3 is 2. The van der Waals surface area contributed by atoms with Gasteiger partial charge in [-0.2, -0.15) is 0 Å². The lowest BCUT2D eigenvalue weighted by Gasteiger charge is -2.13. The van der Waals surface area contributed by atoms with Crippen LogP contribution < -0.4 is 14.9 Å². The maximum Gasteiger partial charge on any atom is 0.184 e. The third-order valence-corrected chi connectivity index (χ3v) is 2.40. The lowest BCUT2D eigenvalue weighted by molar-refractivity contribution is 0.349. The number of aromatic nitrogens is 2. The van der Waals surface area contributed by atoms with Crippen molar-refractivity contribution in [3.63, 3.8) is 0 Å². The highest BCUT2D eigenvalue weighted by Crippen LogP contribution is 2.28. The first-order chi connectivity index (χ1) is 8.35. The number of hydrogen-bond acceptors (Lipinski definition) is 4. The normalized spacial score (nSPS) is 10.0. The predicted molar refractivity (Wildman–Crippen MR) is 64.8 cm³/mol. The number of pyridine rings is 1. The smallest absolute Gasteiger partial charge is 0.184 e. The van der Waals surface area contributed by atoms with E-state index in [1.807, 2.05) is 29.2 Å². The van der Waals surface area contributed by atoms with Crippen LogP contribution in [0.1, 0.15) is 5.69 Å². The van der Waals surface area contributed by atoms with Crippen molar-refractivity contribution in [1.29, 1.82) is 0 Å². The summed E-state index contributed by atoms with van der Waals surface area (Å²) in [4.78, 5) is 4.28. The molecule has 0 radical (unpaired) electrons. The lowest BCUT2D eigenvalue weighted by atomic mass is 10.3. The van der Waals surface area contributed by atoms with E-state index in [1.165, 1.54) is 0 Å². The molecule has 2 heterocycles. The van der Waals surface area contributed by atoms with Crippen LogP contribution >= 0.6 is 0 Å². The molecule has 2 aromatic heterocycles. The molecule has 0 aliphatic rings. The van der Waals surface area contributed by atoms with Crippen molar-refractivity contribution in [2.45, 2.75) is 6.54 Å². The summed E-state index contributed by atoms with van der Waals surface area (Å²) >= 11 is 0. The van der Waals surface area contributed by atoms with Crippen molar-refractivity contribution >= 4 is 0 Å². The van der Waals surface area contributed by atoms with Gasteiger partial charge >= 0.3 is 0 Å². The van der Waals surface area contributed by atoms with E-state index in [2.05, 4.69) is 10.4 Å². The summed E-state index contributed by atoms with van der Waals surface area (Å²) in [5, 5.41) is 0. The molecule has 1 N–H and O–H groups in total. The highest BCUT2D eigenvalue weighted by Gasteiger charge is 2.10. The summed E-state index contributed by atoms with van der Waals surface area (Å²) in [6.07, 6.45) is 5.55. The first-order valence-corrected chi connectivity index (χ1v) is 5.28. The van der Waals surface area contributed by atoms with Crippen molar-refractivity contribution in [3.05, 3.63) is 42.5 Å². The second-order valence-corrected chi connectivity index (χ2v) is 3.42. The van der Waals surface area contributed by atoms with Crippen LogP contribution in [0.2, 0.25) is 0 Å². The van der Waals surface area contributed by atoms with Gasteiger partial charge in [-0.15, -0.1) is 0 Å². The number of hydrogen-bond donors (Lipinski definition) is 1. The van der Waals surface area contributed by atoms with E-state index >= 15 is 0 Å². The summed E-state index contributed by atoms with van der Waals surface area (Å²) in [5.74, 6) is 1.35.